The first-order valence-corrected chi connectivity index (χ1v) is 5.78. The fraction of sp³-hybridized carbons (Fsp3) is 0.400. The summed E-state index contributed by atoms with van der Waals surface area (Å²) in [5.41, 5.74) is 2.54. The van der Waals surface area contributed by atoms with E-state index in [-0.39, 0.29) is 5.78 Å². The fourth-order valence-corrected chi connectivity index (χ4v) is 1.21. The van der Waals surface area contributed by atoms with Gasteiger partial charge in [-0.3, -0.25) is 0 Å². The lowest BCUT2D eigenvalue weighted by atomic mass is 10.0. The van der Waals surface area contributed by atoms with E-state index < -0.39 is 0 Å². The van der Waals surface area contributed by atoms with E-state index in [0.717, 1.165) is 6.42 Å². The zero-order chi connectivity index (χ0) is 12.4. The summed E-state index contributed by atoms with van der Waals surface area (Å²) in [6.45, 7) is 9.32. The summed E-state index contributed by atoms with van der Waals surface area (Å²) in [6.07, 6.45) is 3.61. The van der Waals surface area contributed by atoms with Crippen molar-refractivity contribution in [2.45, 2.75) is 40.0 Å². The second-order valence-electron chi connectivity index (χ2n) is 3.98. The lowest BCUT2D eigenvalue weighted by Crippen LogP contribution is -1.81. The van der Waals surface area contributed by atoms with Crippen molar-refractivity contribution in [2.75, 3.05) is 0 Å². The van der Waals surface area contributed by atoms with Gasteiger partial charge in [-0.15, -0.1) is 0 Å². The van der Waals surface area contributed by atoms with Crippen molar-refractivity contribution in [3.63, 3.8) is 0 Å². The number of hydrogen-bond donors (Lipinski definition) is 0. The molecular weight excluding hydrogens is 196 g/mol. The highest BCUT2D eigenvalue weighted by Crippen LogP contribution is 2.17. The minimum absolute atomic E-state index is 0.167. The zero-order valence-corrected chi connectivity index (χ0v) is 10.6. The molecule has 1 aromatic rings. The Labute approximate surface area is 99.2 Å². The Morgan fingerprint density at radius 2 is 1.69 bits per heavy atom. The molecule has 88 valence electrons. The molecule has 0 unspecified atom stereocenters. The van der Waals surface area contributed by atoms with Crippen molar-refractivity contribution >= 4 is 11.4 Å². The van der Waals surface area contributed by atoms with Gasteiger partial charge in [-0.1, -0.05) is 50.3 Å². The second kappa shape index (κ2) is 8.90. The van der Waals surface area contributed by atoms with Gasteiger partial charge in [-0.25, -0.2) is 0 Å². The molecule has 0 saturated heterocycles. The summed E-state index contributed by atoms with van der Waals surface area (Å²) < 4.78 is 0. The second-order valence-corrected chi connectivity index (χ2v) is 3.98. The molecule has 1 heteroatoms. The Kier molecular flexibility index (Phi) is 8.14. The molecule has 1 aromatic carbocycles. The van der Waals surface area contributed by atoms with Crippen molar-refractivity contribution in [1.82, 2.24) is 0 Å². The summed E-state index contributed by atoms with van der Waals surface area (Å²) in [4.78, 5) is 9.44. The Balaban J connectivity index is 0.000000487. The van der Waals surface area contributed by atoms with Crippen LogP contribution in [0.1, 0.15) is 45.6 Å². The highest BCUT2D eigenvalue weighted by molar-refractivity contribution is 5.72. The fourth-order valence-electron chi connectivity index (χ4n) is 1.21. The van der Waals surface area contributed by atoms with E-state index >= 15 is 0 Å². The summed E-state index contributed by atoms with van der Waals surface area (Å²) in [5, 5.41) is 0. The minimum Gasteiger partial charge on any atom is -0.300 e. The van der Waals surface area contributed by atoms with Crippen molar-refractivity contribution in [1.29, 1.82) is 0 Å². The number of rotatable bonds is 4. The van der Waals surface area contributed by atoms with Crippen molar-refractivity contribution < 1.29 is 4.79 Å². The van der Waals surface area contributed by atoms with Crippen LogP contribution in [-0.4, -0.2) is 5.78 Å². The quantitative estimate of drug-likeness (QED) is 0.728. The van der Waals surface area contributed by atoms with Crippen LogP contribution in [0, 0.1) is 0 Å². The van der Waals surface area contributed by atoms with Gasteiger partial charge in [0.05, 0.1) is 0 Å². The molecule has 0 aliphatic carbocycles. The molecule has 16 heavy (non-hydrogen) atoms. The smallest absolute Gasteiger partial charge is 0.126 e. The summed E-state index contributed by atoms with van der Waals surface area (Å²) in [6, 6.07) is 10.4. The molecular formula is C15H22O. The molecule has 1 nitrogen and oxygen atoms in total. The maximum Gasteiger partial charge on any atom is 0.126 e. The van der Waals surface area contributed by atoms with Gasteiger partial charge in [-0.05, 0) is 37.8 Å². The molecule has 0 N–H and O–H groups in total. The van der Waals surface area contributed by atoms with Crippen molar-refractivity contribution in [2.24, 2.45) is 0 Å². The van der Waals surface area contributed by atoms with Crippen LogP contribution >= 0.6 is 0 Å². The zero-order valence-electron chi connectivity index (χ0n) is 10.6. The van der Waals surface area contributed by atoms with Gasteiger partial charge in [0, 0.05) is 0 Å². The largest absolute Gasteiger partial charge is 0.300 e. The van der Waals surface area contributed by atoms with Crippen molar-refractivity contribution in [3.05, 3.63) is 42.5 Å². The highest BCUT2D eigenvalue weighted by atomic mass is 16.1. The first kappa shape index (κ1) is 14.6. The third kappa shape index (κ3) is 7.98. The summed E-state index contributed by atoms with van der Waals surface area (Å²) >= 11 is 0. The van der Waals surface area contributed by atoms with Gasteiger partial charge < -0.3 is 4.79 Å². The SMILES string of the molecule is C=C(CCCC)c1ccccc1.CC(C)=O. The molecule has 0 amide bonds. The number of benzene rings is 1. The molecule has 0 aliphatic rings. The first-order chi connectivity index (χ1) is 7.57. The molecule has 0 aromatic heterocycles. The lowest BCUT2D eigenvalue weighted by molar-refractivity contribution is -0.114. The average Bonchev–Trinajstić information content (AvgIpc) is 2.26. The third-order valence-electron chi connectivity index (χ3n) is 2.01. The molecule has 0 spiro atoms. The van der Waals surface area contributed by atoms with E-state index in [1.54, 1.807) is 0 Å². The molecule has 0 radical (unpaired) electrons. The van der Waals surface area contributed by atoms with E-state index in [0.29, 0.717) is 0 Å². The van der Waals surface area contributed by atoms with E-state index in [9.17, 15) is 4.79 Å². The van der Waals surface area contributed by atoms with E-state index in [1.165, 1.54) is 37.8 Å². The number of allylic oxidation sites excluding steroid dienone is 1. The first-order valence-electron chi connectivity index (χ1n) is 5.78. The number of ketones is 1. The molecule has 0 fully saturated rings. The van der Waals surface area contributed by atoms with Gasteiger partial charge >= 0.3 is 0 Å². The maximum atomic E-state index is 9.44. The average molecular weight is 218 g/mol. The summed E-state index contributed by atoms with van der Waals surface area (Å²) in [7, 11) is 0. The maximum absolute atomic E-state index is 9.44. The molecule has 0 bridgehead atoms. The summed E-state index contributed by atoms with van der Waals surface area (Å²) in [5.74, 6) is 0.167. The van der Waals surface area contributed by atoms with Crippen LogP contribution in [0.5, 0.6) is 0 Å². The molecule has 0 atom stereocenters. The normalized spacial score (nSPS) is 8.94. The van der Waals surface area contributed by atoms with Crippen LogP contribution in [0.3, 0.4) is 0 Å². The van der Waals surface area contributed by atoms with Crippen LogP contribution in [0.4, 0.5) is 0 Å². The predicted molar refractivity (Wildman–Crippen MR) is 71.4 cm³/mol. The Morgan fingerprint density at radius 1 is 1.19 bits per heavy atom. The number of unbranched alkanes of at least 4 members (excludes halogenated alkanes) is 1. The van der Waals surface area contributed by atoms with E-state index in [4.69, 9.17) is 0 Å². The molecule has 0 aliphatic heterocycles. The number of Topliss-reactive ketones (excluding diaryl/α,β-unsaturated/α-hetero) is 1. The standard InChI is InChI=1S/C12H16.C3H6O/c1-3-4-8-11(2)12-9-6-5-7-10-12;1-3(2)4/h5-7,9-10H,2-4,8H2,1H3;1-2H3. The van der Waals surface area contributed by atoms with E-state index in [1.807, 2.05) is 6.07 Å². The predicted octanol–water partition coefficient (Wildman–Crippen LogP) is 4.49. The van der Waals surface area contributed by atoms with Crippen LogP contribution in [0.25, 0.3) is 5.57 Å². The number of hydrogen-bond acceptors (Lipinski definition) is 1. The minimum atomic E-state index is 0.167. The van der Waals surface area contributed by atoms with Gasteiger partial charge in [0.25, 0.3) is 0 Å². The van der Waals surface area contributed by atoms with Crippen LogP contribution < -0.4 is 0 Å². The Hall–Kier alpha value is -1.37. The van der Waals surface area contributed by atoms with Crippen LogP contribution in [0.15, 0.2) is 36.9 Å². The monoisotopic (exact) mass is 218 g/mol. The third-order valence-corrected chi connectivity index (χ3v) is 2.01. The van der Waals surface area contributed by atoms with E-state index in [2.05, 4.69) is 37.8 Å². The van der Waals surface area contributed by atoms with Crippen LogP contribution in [-0.2, 0) is 4.79 Å². The van der Waals surface area contributed by atoms with Gasteiger partial charge in [0.1, 0.15) is 5.78 Å². The van der Waals surface area contributed by atoms with Gasteiger partial charge in [-0.2, -0.15) is 0 Å². The highest BCUT2D eigenvalue weighted by Gasteiger charge is 1.95. The molecule has 1 rings (SSSR count). The van der Waals surface area contributed by atoms with Crippen molar-refractivity contribution in [3.8, 4) is 0 Å². The van der Waals surface area contributed by atoms with Gasteiger partial charge in [0.2, 0.25) is 0 Å². The number of carbonyl (C=O) groups is 1. The lowest BCUT2D eigenvalue weighted by Gasteiger charge is -2.03. The molecule has 0 heterocycles. The molecule has 0 saturated carbocycles. The number of carbonyl (C=O) groups excluding carboxylic acids is 1. The Bertz CT molecular complexity index is 307. The van der Waals surface area contributed by atoms with Gasteiger partial charge in [0.15, 0.2) is 0 Å². The Morgan fingerprint density at radius 3 is 2.12 bits per heavy atom. The topological polar surface area (TPSA) is 17.1 Å². The van der Waals surface area contributed by atoms with Crippen LogP contribution in [0.2, 0.25) is 0 Å².